The summed E-state index contributed by atoms with van der Waals surface area (Å²) >= 11 is 0. The maximum Gasteiger partial charge on any atom is 0.162 e. The number of fused-ring (bicyclic) bond motifs is 3. The van der Waals surface area contributed by atoms with Crippen molar-refractivity contribution in [1.29, 1.82) is 5.26 Å². The fraction of sp³-hybridized carbons (Fsp3) is 0.562. The zero-order valence-corrected chi connectivity index (χ0v) is 11.8. The molecule has 3 saturated heterocycles. The van der Waals surface area contributed by atoms with Gasteiger partial charge in [0.05, 0.1) is 18.7 Å². The van der Waals surface area contributed by atoms with Gasteiger partial charge in [0.2, 0.25) is 0 Å². The van der Waals surface area contributed by atoms with Crippen LogP contribution in [0.15, 0.2) is 18.2 Å². The van der Waals surface area contributed by atoms with Gasteiger partial charge in [-0.3, -0.25) is 4.90 Å². The number of nitriles is 1. The quantitative estimate of drug-likeness (QED) is 0.844. The van der Waals surface area contributed by atoms with Crippen LogP contribution in [-0.4, -0.2) is 37.7 Å². The fourth-order valence-corrected chi connectivity index (χ4v) is 3.30. The molecule has 0 radical (unpaired) electrons. The van der Waals surface area contributed by atoms with Crippen LogP contribution in [0.3, 0.4) is 0 Å². The molecule has 1 unspecified atom stereocenters. The van der Waals surface area contributed by atoms with Crippen molar-refractivity contribution >= 4 is 0 Å². The second-order valence-electron chi connectivity index (χ2n) is 5.66. The van der Waals surface area contributed by atoms with Gasteiger partial charge >= 0.3 is 0 Å². The maximum absolute atomic E-state index is 8.90. The van der Waals surface area contributed by atoms with Crippen LogP contribution in [0, 0.1) is 17.2 Å². The highest BCUT2D eigenvalue weighted by molar-refractivity contribution is 5.46. The molecule has 4 nitrogen and oxygen atoms in total. The highest BCUT2D eigenvalue weighted by Crippen LogP contribution is 2.33. The summed E-state index contributed by atoms with van der Waals surface area (Å²) in [5.74, 6) is 2.26. The Morgan fingerprint density at radius 3 is 2.70 bits per heavy atom. The summed E-state index contributed by atoms with van der Waals surface area (Å²) in [4.78, 5) is 2.54. The summed E-state index contributed by atoms with van der Waals surface area (Å²) in [6.07, 6.45) is 3.94. The van der Waals surface area contributed by atoms with Crippen molar-refractivity contribution in [3.63, 3.8) is 0 Å². The molecule has 20 heavy (non-hydrogen) atoms. The van der Waals surface area contributed by atoms with E-state index in [1.807, 2.05) is 6.07 Å². The predicted octanol–water partition coefficient (Wildman–Crippen LogP) is 2.43. The molecule has 106 valence electrons. The molecule has 0 amide bonds. The second kappa shape index (κ2) is 5.72. The molecular formula is C16H20N2O2. The first-order chi connectivity index (χ1) is 9.80. The molecule has 4 rings (SSSR count). The number of methoxy groups -OCH3 is 1. The lowest BCUT2D eigenvalue weighted by Gasteiger charge is -2.45. The summed E-state index contributed by atoms with van der Waals surface area (Å²) in [6.45, 7) is 3.13. The average Bonchev–Trinajstić information content (AvgIpc) is 2.54. The van der Waals surface area contributed by atoms with E-state index < -0.39 is 0 Å². The van der Waals surface area contributed by atoms with E-state index in [2.05, 4.69) is 11.0 Å². The monoisotopic (exact) mass is 272 g/mol. The van der Waals surface area contributed by atoms with Gasteiger partial charge in [-0.2, -0.15) is 5.26 Å². The number of hydrogen-bond donors (Lipinski definition) is 0. The normalized spacial score (nSPS) is 27.9. The summed E-state index contributed by atoms with van der Waals surface area (Å²) in [5.41, 5.74) is 0.592. The number of hydrogen-bond acceptors (Lipinski definition) is 4. The van der Waals surface area contributed by atoms with Crippen LogP contribution in [-0.2, 0) is 0 Å². The predicted molar refractivity (Wildman–Crippen MR) is 75.9 cm³/mol. The Labute approximate surface area is 119 Å². The largest absolute Gasteiger partial charge is 0.493 e. The molecule has 1 aromatic carbocycles. The van der Waals surface area contributed by atoms with E-state index in [0.29, 0.717) is 24.0 Å². The molecule has 0 spiro atoms. The first-order valence-corrected chi connectivity index (χ1v) is 7.25. The molecule has 0 saturated carbocycles. The Bertz CT molecular complexity index is 516. The Morgan fingerprint density at radius 1 is 1.30 bits per heavy atom. The van der Waals surface area contributed by atoms with Gasteiger partial charge in [0.25, 0.3) is 0 Å². The van der Waals surface area contributed by atoms with Crippen LogP contribution in [0.25, 0.3) is 0 Å². The summed E-state index contributed by atoms with van der Waals surface area (Å²) < 4.78 is 11.2. The van der Waals surface area contributed by atoms with Crippen LogP contribution in [0.1, 0.15) is 24.8 Å². The minimum atomic E-state index is 0.530. The molecule has 0 aromatic heterocycles. The zero-order valence-electron chi connectivity index (χ0n) is 11.8. The van der Waals surface area contributed by atoms with Crippen LogP contribution in [0.4, 0.5) is 0 Å². The summed E-state index contributed by atoms with van der Waals surface area (Å²) in [7, 11) is 1.61. The van der Waals surface area contributed by atoms with E-state index in [0.717, 1.165) is 11.7 Å². The zero-order chi connectivity index (χ0) is 13.9. The topological polar surface area (TPSA) is 45.5 Å². The van der Waals surface area contributed by atoms with E-state index in [4.69, 9.17) is 14.7 Å². The Kier molecular flexibility index (Phi) is 3.79. The molecule has 3 heterocycles. The molecule has 4 heteroatoms. The number of ether oxygens (including phenoxy) is 2. The third kappa shape index (κ3) is 2.59. The van der Waals surface area contributed by atoms with Crippen molar-refractivity contribution in [2.24, 2.45) is 5.92 Å². The van der Waals surface area contributed by atoms with Crippen molar-refractivity contribution in [1.82, 2.24) is 4.90 Å². The van der Waals surface area contributed by atoms with E-state index in [1.165, 1.54) is 32.4 Å². The van der Waals surface area contributed by atoms with E-state index in [1.54, 1.807) is 19.2 Å². The lowest BCUT2D eigenvalue weighted by Crippen LogP contribution is -2.51. The summed E-state index contributed by atoms with van der Waals surface area (Å²) in [5, 5.41) is 8.90. The molecule has 0 N–H and O–H groups in total. The molecule has 2 bridgehead atoms. The molecule has 3 aliphatic rings. The molecule has 3 fully saturated rings. The van der Waals surface area contributed by atoms with E-state index in [-0.39, 0.29) is 0 Å². The van der Waals surface area contributed by atoms with Crippen molar-refractivity contribution < 1.29 is 9.47 Å². The second-order valence-corrected chi connectivity index (χ2v) is 5.66. The van der Waals surface area contributed by atoms with E-state index >= 15 is 0 Å². The number of nitrogens with zero attached hydrogens (tertiary/aromatic N) is 2. The molecule has 0 aliphatic carbocycles. The standard InChI is InChI=1S/C16H20N2O2/c1-19-16-9-13(10-17)2-3-15(16)20-11-14-8-12-4-6-18(14)7-5-12/h2-3,9,12,14H,4-8,11H2,1H3. The Hall–Kier alpha value is -1.73. The molecular weight excluding hydrogens is 252 g/mol. The fourth-order valence-electron chi connectivity index (χ4n) is 3.30. The summed E-state index contributed by atoms with van der Waals surface area (Å²) in [6, 6.07) is 7.96. The molecule has 3 aliphatic heterocycles. The third-order valence-corrected chi connectivity index (χ3v) is 4.49. The highest BCUT2D eigenvalue weighted by atomic mass is 16.5. The minimum absolute atomic E-state index is 0.530. The minimum Gasteiger partial charge on any atom is -0.493 e. The Balaban J connectivity index is 1.65. The lowest BCUT2D eigenvalue weighted by atomic mass is 9.83. The van der Waals surface area contributed by atoms with Gasteiger partial charge in [-0.25, -0.2) is 0 Å². The molecule has 1 aromatic rings. The van der Waals surface area contributed by atoms with Gasteiger partial charge in [0.1, 0.15) is 6.61 Å². The Morgan fingerprint density at radius 2 is 2.10 bits per heavy atom. The lowest BCUT2D eigenvalue weighted by molar-refractivity contribution is 0.0233. The first-order valence-electron chi connectivity index (χ1n) is 7.25. The van der Waals surface area contributed by atoms with Crippen molar-refractivity contribution in [2.45, 2.75) is 25.3 Å². The third-order valence-electron chi connectivity index (χ3n) is 4.49. The van der Waals surface area contributed by atoms with Crippen LogP contribution in [0.5, 0.6) is 11.5 Å². The van der Waals surface area contributed by atoms with Gasteiger partial charge in [0, 0.05) is 12.1 Å². The average molecular weight is 272 g/mol. The van der Waals surface area contributed by atoms with Gasteiger partial charge in [0.15, 0.2) is 11.5 Å². The van der Waals surface area contributed by atoms with Crippen LogP contribution < -0.4 is 9.47 Å². The first kappa shape index (κ1) is 13.3. The maximum atomic E-state index is 8.90. The number of piperidine rings is 3. The van der Waals surface area contributed by atoms with E-state index in [9.17, 15) is 0 Å². The van der Waals surface area contributed by atoms with Crippen LogP contribution >= 0.6 is 0 Å². The van der Waals surface area contributed by atoms with Gasteiger partial charge in [-0.15, -0.1) is 0 Å². The smallest absolute Gasteiger partial charge is 0.162 e. The number of benzene rings is 1. The van der Waals surface area contributed by atoms with Crippen LogP contribution in [0.2, 0.25) is 0 Å². The van der Waals surface area contributed by atoms with Gasteiger partial charge < -0.3 is 9.47 Å². The van der Waals surface area contributed by atoms with Crippen molar-refractivity contribution in [3.8, 4) is 17.6 Å². The van der Waals surface area contributed by atoms with Crippen molar-refractivity contribution in [3.05, 3.63) is 23.8 Å². The highest BCUT2D eigenvalue weighted by Gasteiger charge is 2.33. The molecule has 1 atom stereocenters. The van der Waals surface area contributed by atoms with Crippen molar-refractivity contribution in [2.75, 3.05) is 26.8 Å². The number of rotatable bonds is 4. The van der Waals surface area contributed by atoms with Gasteiger partial charge in [-0.05, 0) is 50.4 Å². The van der Waals surface area contributed by atoms with Gasteiger partial charge in [-0.1, -0.05) is 0 Å². The SMILES string of the molecule is COc1cc(C#N)ccc1OCC1CC2CCN1CC2.